The Morgan fingerprint density at radius 3 is 2.87 bits per heavy atom. The Labute approximate surface area is 160 Å². The van der Waals surface area contributed by atoms with E-state index >= 15 is 0 Å². The molecule has 0 amide bonds. The number of aromatic nitrogens is 1. The van der Waals surface area contributed by atoms with E-state index in [9.17, 15) is 0 Å². The van der Waals surface area contributed by atoms with E-state index in [1.165, 1.54) is 3.57 Å². The molecule has 6 heteroatoms. The second-order valence-corrected chi connectivity index (χ2v) is 7.96. The molecule has 2 heterocycles. The molecular formula is C17H18Cl2IN3. The molecule has 0 unspecified atom stereocenters. The van der Waals surface area contributed by atoms with Crippen LogP contribution in [-0.2, 0) is 6.54 Å². The van der Waals surface area contributed by atoms with Crippen LogP contribution in [0.1, 0.15) is 12.0 Å². The normalized spacial score (nSPS) is 18.0. The van der Waals surface area contributed by atoms with E-state index in [1.807, 2.05) is 30.5 Å². The molecule has 0 bridgehead atoms. The smallest absolute Gasteiger partial charge is 0.129 e. The lowest BCUT2D eigenvalue weighted by molar-refractivity contribution is 0.250. The molecule has 0 saturated carbocycles. The van der Waals surface area contributed by atoms with Gasteiger partial charge in [0.1, 0.15) is 5.82 Å². The van der Waals surface area contributed by atoms with E-state index in [0.717, 1.165) is 42.5 Å². The van der Waals surface area contributed by atoms with Crippen molar-refractivity contribution in [2.24, 2.45) is 0 Å². The largest absolute Gasteiger partial charge is 0.355 e. The summed E-state index contributed by atoms with van der Waals surface area (Å²) in [6.07, 6.45) is 3.01. The maximum atomic E-state index is 6.29. The third-order valence-electron chi connectivity index (χ3n) is 4.25. The van der Waals surface area contributed by atoms with Crippen LogP contribution in [-0.4, -0.2) is 36.1 Å². The average Bonchev–Trinajstić information content (AvgIpc) is 3.00. The molecule has 0 aliphatic carbocycles. The van der Waals surface area contributed by atoms with E-state index in [-0.39, 0.29) is 0 Å². The number of benzene rings is 1. The average molecular weight is 462 g/mol. The lowest BCUT2D eigenvalue weighted by Crippen LogP contribution is -2.34. The molecule has 1 saturated heterocycles. The fourth-order valence-electron chi connectivity index (χ4n) is 2.92. The first-order chi connectivity index (χ1) is 11.0. The number of hydrogen-bond donors (Lipinski definition) is 0. The third kappa shape index (κ3) is 4.29. The number of anilines is 1. The number of hydrogen-bond acceptors (Lipinski definition) is 3. The van der Waals surface area contributed by atoms with Gasteiger partial charge in [0.2, 0.25) is 0 Å². The maximum Gasteiger partial charge on any atom is 0.129 e. The SMILES string of the molecule is CN(Cc1ccc(Cl)cc1Cl)[C@H]1CCN(c2cc(I)ccn2)C1. The predicted octanol–water partition coefficient (Wildman–Crippen LogP) is 4.70. The van der Waals surface area contributed by atoms with Gasteiger partial charge in [-0.15, -0.1) is 0 Å². The first kappa shape index (κ1) is 17.3. The fourth-order valence-corrected chi connectivity index (χ4v) is 3.83. The Morgan fingerprint density at radius 1 is 1.30 bits per heavy atom. The molecule has 23 heavy (non-hydrogen) atoms. The van der Waals surface area contributed by atoms with Gasteiger partial charge in [0.25, 0.3) is 0 Å². The highest BCUT2D eigenvalue weighted by Gasteiger charge is 2.26. The molecule has 0 N–H and O–H groups in total. The van der Waals surface area contributed by atoms with Gasteiger partial charge in [0.15, 0.2) is 0 Å². The van der Waals surface area contributed by atoms with E-state index in [0.29, 0.717) is 11.1 Å². The van der Waals surface area contributed by atoms with E-state index < -0.39 is 0 Å². The summed E-state index contributed by atoms with van der Waals surface area (Å²) in [5.74, 6) is 1.07. The number of pyridine rings is 1. The molecular weight excluding hydrogens is 444 g/mol. The van der Waals surface area contributed by atoms with Crippen LogP contribution in [0.2, 0.25) is 10.0 Å². The van der Waals surface area contributed by atoms with Crippen LogP contribution < -0.4 is 4.90 Å². The number of halogens is 3. The van der Waals surface area contributed by atoms with Crippen LogP contribution in [0, 0.1) is 3.57 Å². The zero-order chi connectivity index (χ0) is 16.4. The minimum absolute atomic E-state index is 0.501. The van der Waals surface area contributed by atoms with Gasteiger partial charge in [-0.2, -0.15) is 0 Å². The van der Waals surface area contributed by atoms with E-state index in [1.54, 1.807) is 0 Å². The van der Waals surface area contributed by atoms with Crippen molar-refractivity contribution in [3.05, 3.63) is 55.7 Å². The van der Waals surface area contributed by atoms with Crippen LogP contribution in [0.4, 0.5) is 5.82 Å². The standard InChI is InChI=1S/C17H18Cl2IN3/c1-22(10-12-2-3-13(18)8-16(12)19)15-5-7-23(11-15)17-9-14(20)4-6-21-17/h2-4,6,8-9,15H,5,7,10-11H2,1H3/t15-/m0/s1. The molecule has 0 radical (unpaired) electrons. The lowest BCUT2D eigenvalue weighted by Gasteiger charge is -2.25. The summed E-state index contributed by atoms with van der Waals surface area (Å²) in [7, 11) is 2.15. The van der Waals surface area contributed by atoms with Crippen molar-refractivity contribution in [2.45, 2.75) is 19.0 Å². The Balaban J connectivity index is 1.64. The molecule has 1 aromatic heterocycles. The van der Waals surface area contributed by atoms with Crippen molar-refractivity contribution < 1.29 is 0 Å². The van der Waals surface area contributed by atoms with E-state index in [2.05, 4.69) is 50.5 Å². The topological polar surface area (TPSA) is 19.4 Å². The Hall–Kier alpha value is -0.560. The summed E-state index contributed by atoms with van der Waals surface area (Å²) in [6, 6.07) is 10.4. The van der Waals surface area contributed by atoms with Gasteiger partial charge in [-0.25, -0.2) is 4.98 Å². The molecule has 1 aliphatic rings. The maximum absolute atomic E-state index is 6.29. The van der Waals surface area contributed by atoms with Gasteiger partial charge in [0.05, 0.1) is 0 Å². The molecule has 0 spiro atoms. The molecule has 3 rings (SSSR count). The van der Waals surface area contributed by atoms with Gasteiger partial charge in [-0.3, -0.25) is 4.90 Å². The molecule has 122 valence electrons. The van der Waals surface area contributed by atoms with Crippen molar-refractivity contribution >= 4 is 51.6 Å². The highest BCUT2D eigenvalue weighted by atomic mass is 127. The molecule has 1 atom stereocenters. The zero-order valence-electron chi connectivity index (χ0n) is 12.8. The Kier molecular flexibility index (Phi) is 5.67. The van der Waals surface area contributed by atoms with Crippen molar-refractivity contribution in [3.8, 4) is 0 Å². The summed E-state index contributed by atoms with van der Waals surface area (Å²) in [4.78, 5) is 9.21. The molecule has 3 nitrogen and oxygen atoms in total. The van der Waals surface area contributed by atoms with Gasteiger partial charge in [-0.1, -0.05) is 29.3 Å². The summed E-state index contributed by atoms with van der Waals surface area (Å²) in [5.41, 5.74) is 1.12. The van der Waals surface area contributed by atoms with Crippen molar-refractivity contribution in [3.63, 3.8) is 0 Å². The highest BCUT2D eigenvalue weighted by molar-refractivity contribution is 14.1. The summed E-state index contributed by atoms with van der Waals surface area (Å²) in [6.45, 7) is 2.86. The third-order valence-corrected chi connectivity index (χ3v) is 5.51. The van der Waals surface area contributed by atoms with Crippen LogP contribution in [0.25, 0.3) is 0 Å². The minimum Gasteiger partial charge on any atom is -0.355 e. The van der Waals surface area contributed by atoms with Crippen molar-refractivity contribution in [2.75, 3.05) is 25.0 Å². The Bertz CT molecular complexity index is 695. The monoisotopic (exact) mass is 461 g/mol. The van der Waals surface area contributed by atoms with Gasteiger partial charge >= 0.3 is 0 Å². The molecule has 2 aromatic rings. The quantitative estimate of drug-likeness (QED) is 0.615. The van der Waals surface area contributed by atoms with Gasteiger partial charge in [0, 0.05) is 45.5 Å². The van der Waals surface area contributed by atoms with Crippen molar-refractivity contribution in [1.29, 1.82) is 0 Å². The molecule has 1 fully saturated rings. The van der Waals surface area contributed by atoms with Crippen molar-refractivity contribution in [1.82, 2.24) is 9.88 Å². The number of likely N-dealkylation sites (N-methyl/N-ethyl adjacent to an activating group) is 1. The predicted molar refractivity (Wildman–Crippen MR) is 106 cm³/mol. The van der Waals surface area contributed by atoms with Crippen LogP contribution >= 0.6 is 45.8 Å². The lowest BCUT2D eigenvalue weighted by atomic mass is 10.1. The first-order valence-electron chi connectivity index (χ1n) is 7.53. The summed E-state index contributed by atoms with van der Waals surface area (Å²) < 4.78 is 1.22. The van der Waals surface area contributed by atoms with Crippen LogP contribution in [0.5, 0.6) is 0 Å². The van der Waals surface area contributed by atoms with Gasteiger partial charge < -0.3 is 4.90 Å². The Morgan fingerprint density at radius 2 is 2.13 bits per heavy atom. The summed E-state index contributed by atoms with van der Waals surface area (Å²) in [5, 5.41) is 1.41. The second kappa shape index (κ2) is 7.55. The summed E-state index contributed by atoms with van der Waals surface area (Å²) >= 11 is 14.6. The minimum atomic E-state index is 0.501. The molecule has 1 aliphatic heterocycles. The number of nitrogens with zero attached hydrogens (tertiary/aromatic N) is 3. The van der Waals surface area contributed by atoms with Crippen LogP contribution in [0.15, 0.2) is 36.5 Å². The number of rotatable bonds is 4. The van der Waals surface area contributed by atoms with Gasteiger partial charge in [-0.05, 0) is 65.9 Å². The fraction of sp³-hybridized carbons (Fsp3) is 0.353. The van der Waals surface area contributed by atoms with Crippen LogP contribution in [0.3, 0.4) is 0 Å². The van der Waals surface area contributed by atoms with E-state index in [4.69, 9.17) is 23.2 Å². The molecule has 1 aromatic carbocycles. The second-order valence-electron chi connectivity index (χ2n) is 5.87. The first-order valence-corrected chi connectivity index (χ1v) is 9.37. The zero-order valence-corrected chi connectivity index (χ0v) is 16.5. The highest BCUT2D eigenvalue weighted by Crippen LogP contribution is 2.26.